The van der Waals surface area contributed by atoms with Crippen molar-refractivity contribution in [1.82, 2.24) is 20.4 Å². The number of rotatable bonds is 13. The molecule has 2 N–H and O–H groups in total. The zero-order chi connectivity index (χ0) is 34.7. The van der Waals surface area contributed by atoms with Gasteiger partial charge in [0.1, 0.15) is 18.1 Å². The lowest BCUT2D eigenvalue weighted by Crippen LogP contribution is -2.51. The van der Waals surface area contributed by atoms with Crippen LogP contribution in [0.15, 0.2) is 66.7 Å². The maximum absolute atomic E-state index is 13.1. The minimum Gasteiger partial charge on any atom is -0.493 e. The summed E-state index contributed by atoms with van der Waals surface area (Å²) in [5.41, 5.74) is 2.01. The van der Waals surface area contributed by atoms with E-state index in [1.807, 2.05) is 12.1 Å². The second kappa shape index (κ2) is 16.5. The Balaban J connectivity index is 1.14. The van der Waals surface area contributed by atoms with E-state index in [2.05, 4.69) is 31.4 Å². The first-order chi connectivity index (χ1) is 23.0. The molecule has 0 aromatic heterocycles. The zero-order valence-electron chi connectivity index (χ0n) is 28.2. The van der Waals surface area contributed by atoms with Gasteiger partial charge in [0.05, 0.1) is 32.9 Å². The lowest BCUT2D eigenvalue weighted by molar-refractivity contribution is -0.134. The first-order valence-electron chi connectivity index (χ1n) is 15.8. The Labute approximate surface area is 281 Å². The lowest BCUT2D eigenvalue weighted by atomic mass is 9.87. The molecule has 4 rings (SSSR count). The summed E-state index contributed by atoms with van der Waals surface area (Å²) >= 11 is 0. The van der Waals surface area contributed by atoms with E-state index in [9.17, 15) is 19.2 Å². The number of carbonyl (C=O) groups is 4. The summed E-state index contributed by atoms with van der Waals surface area (Å²) in [6, 6.07) is 19.4. The van der Waals surface area contributed by atoms with Gasteiger partial charge in [0.15, 0.2) is 18.1 Å². The molecule has 0 saturated carbocycles. The van der Waals surface area contributed by atoms with Crippen molar-refractivity contribution in [2.24, 2.45) is 0 Å². The Morgan fingerprint density at radius 3 is 2.06 bits per heavy atom. The number of carbonyl (C=O) groups excluding carboxylic acids is 4. The van der Waals surface area contributed by atoms with Gasteiger partial charge in [-0.15, -0.1) is 0 Å². The van der Waals surface area contributed by atoms with E-state index in [0.29, 0.717) is 60.3 Å². The highest BCUT2D eigenvalue weighted by Gasteiger charge is 2.27. The molecule has 0 spiro atoms. The first kappa shape index (κ1) is 35.6. The molecule has 48 heavy (non-hydrogen) atoms. The molecule has 12 heteroatoms. The van der Waals surface area contributed by atoms with Gasteiger partial charge in [-0.25, -0.2) is 0 Å². The van der Waals surface area contributed by atoms with E-state index >= 15 is 0 Å². The summed E-state index contributed by atoms with van der Waals surface area (Å²) in [7, 11) is 3.01. The van der Waals surface area contributed by atoms with Gasteiger partial charge in [0, 0.05) is 37.8 Å². The monoisotopic (exact) mass is 660 g/mol. The van der Waals surface area contributed by atoms with Crippen molar-refractivity contribution < 1.29 is 38.1 Å². The van der Waals surface area contributed by atoms with Crippen LogP contribution >= 0.6 is 0 Å². The quantitative estimate of drug-likeness (QED) is 0.267. The average molecular weight is 661 g/mol. The normalized spacial score (nSPS) is 12.9. The van der Waals surface area contributed by atoms with E-state index in [1.54, 1.807) is 64.4 Å². The Bertz CT molecular complexity index is 1580. The fraction of sp³-hybridized carbons (Fsp3) is 0.389. The molecule has 0 radical (unpaired) electrons. The van der Waals surface area contributed by atoms with Gasteiger partial charge in [0.2, 0.25) is 5.91 Å². The molecule has 3 aromatic rings. The number of amides is 4. The van der Waals surface area contributed by atoms with Crippen molar-refractivity contribution in [3.05, 3.63) is 83.4 Å². The average Bonchev–Trinajstić information content (AvgIpc) is 3.10. The van der Waals surface area contributed by atoms with Crippen LogP contribution in [-0.4, -0.2) is 100 Å². The largest absolute Gasteiger partial charge is 0.493 e. The highest BCUT2D eigenvalue weighted by molar-refractivity contribution is 5.98. The zero-order valence-corrected chi connectivity index (χ0v) is 28.2. The highest BCUT2D eigenvalue weighted by Crippen LogP contribution is 2.31. The number of methoxy groups -OCH3 is 2. The Morgan fingerprint density at radius 1 is 0.771 bits per heavy atom. The SMILES string of the molecule is COc1cccc(C(=O)N2CCN(C(=O)COc3cccc(OCCNC(=O)CNC(=O)c4ccc(C(C)(C)C)cc4)c3)CC2)c1OC. The highest BCUT2D eigenvalue weighted by atomic mass is 16.5. The second-order valence-electron chi connectivity index (χ2n) is 12.2. The molecule has 1 aliphatic rings. The Kier molecular flexibility index (Phi) is 12.3. The molecule has 0 aliphatic carbocycles. The van der Waals surface area contributed by atoms with Gasteiger partial charge in [-0.05, 0) is 47.4 Å². The van der Waals surface area contributed by atoms with Crippen molar-refractivity contribution in [2.75, 3.05) is 66.7 Å². The molecule has 0 unspecified atom stereocenters. The predicted molar refractivity (Wildman–Crippen MR) is 180 cm³/mol. The Hall–Kier alpha value is -5.26. The predicted octanol–water partition coefficient (Wildman–Crippen LogP) is 3.29. The number of nitrogens with one attached hydrogen (secondary N) is 2. The fourth-order valence-electron chi connectivity index (χ4n) is 5.08. The van der Waals surface area contributed by atoms with Gasteiger partial charge in [-0.1, -0.05) is 45.0 Å². The summed E-state index contributed by atoms with van der Waals surface area (Å²) in [5.74, 6) is 0.806. The first-order valence-corrected chi connectivity index (χ1v) is 15.8. The molecule has 1 fully saturated rings. The maximum atomic E-state index is 13.1. The summed E-state index contributed by atoms with van der Waals surface area (Å²) in [4.78, 5) is 54.0. The number of piperazine rings is 1. The second-order valence-corrected chi connectivity index (χ2v) is 12.2. The van der Waals surface area contributed by atoms with Gasteiger partial charge >= 0.3 is 0 Å². The van der Waals surface area contributed by atoms with Crippen LogP contribution in [0.1, 0.15) is 47.1 Å². The third kappa shape index (κ3) is 9.63. The fourth-order valence-corrected chi connectivity index (χ4v) is 5.08. The van der Waals surface area contributed by atoms with Crippen LogP contribution in [0.3, 0.4) is 0 Å². The number of ether oxygens (including phenoxy) is 4. The van der Waals surface area contributed by atoms with Crippen LogP contribution < -0.4 is 29.6 Å². The van der Waals surface area contributed by atoms with E-state index in [-0.39, 0.29) is 55.3 Å². The topological polar surface area (TPSA) is 136 Å². The third-order valence-corrected chi connectivity index (χ3v) is 7.84. The van der Waals surface area contributed by atoms with Crippen LogP contribution in [0.5, 0.6) is 23.0 Å². The van der Waals surface area contributed by atoms with Crippen molar-refractivity contribution in [3.63, 3.8) is 0 Å². The number of benzene rings is 3. The molecular formula is C36H44N4O8. The number of nitrogens with zero attached hydrogens (tertiary/aromatic N) is 2. The van der Waals surface area contributed by atoms with Crippen LogP contribution in [0.25, 0.3) is 0 Å². The van der Waals surface area contributed by atoms with Gasteiger partial charge in [-0.2, -0.15) is 0 Å². The standard InChI is InChI=1S/C36H44N4O8/c1-36(2,3)26-14-12-25(13-15-26)34(43)38-23-31(41)37-16-21-47-27-8-6-9-28(22-27)48-24-32(42)39-17-19-40(20-18-39)35(44)29-10-7-11-30(45-4)33(29)46-5/h6-15,22H,16-21,23-24H2,1-5H3,(H,37,41)(H,38,43). The van der Waals surface area contributed by atoms with Crippen molar-refractivity contribution in [3.8, 4) is 23.0 Å². The minimum atomic E-state index is -0.334. The smallest absolute Gasteiger partial charge is 0.260 e. The van der Waals surface area contributed by atoms with Gasteiger partial charge in [-0.3, -0.25) is 19.2 Å². The molecule has 1 aliphatic heterocycles. The van der Waals surface area contributed by atoms with Crippen LogP contribution in [-0.2, 0) is 15.0 Å². The van der Waals surface area contributed by atoms with Gasteiger partial charge in [0.25, 0.3) is 17.7 Å². The van der Waals surface area contributed by atoms with Crippen LogP contribution in [0.4, 0.5) is 0 Å². The van der Waals surface area contributed by atoms with Crippen molar-refractivity contribution in [1.29, 1.82) is 0 Å². The molecule has 12 nitrogen and oxygen atoms in total. The number of hydrogen-bond donors (Lipinski definition) is 2. The Morgan fingerprint density at radius 2 is 1.42 bits per heavy atom. The van der Waals surface area contributed by atoms with Crippen molar-refractivity contribution >= 4 is 23.6 Å². The van der Waals surface area contributed by atoms with Gasteiger partial charge < -0.3 is 39.4 Å². The summed E-state index contributed by atoms with van der Waals surface area (Å²) in [6.07, 6.45) is 0. The molecule has 256 valence electrons. The summed E-state index contributed by atoms with van der Waals surface area (Å²) in [6.45, 7) is 7.93. The third-order valence-electron chi connectivity index (χ3n) is 7.84. The lowest BCUT2D eigenvalue weighted by Gasteiger charge is -2.35. The molecular weight excluding hydrogens is 616 g/mol. The maximum Gasteiger partial charge on any atom is 0.260 e. The number of hydrogen-bond acceptors (Lipinski definition) is 8. The molecule has 4 amide bonds. The molecule has 1 heterocycles. The molecule has 3 aromatic carbocycles. The number of para-hydroxylation sites is 1. The van der Waals surface area contributed by atoms with Crippen molar-refractivity contribution in [2.45, 2.75) is 26.2 Å². The van der Waals surface area contributed by atoms with E-state index < -0.39 is 0 Å². The summed E-state index contributed by atoms with van der Waals surface area (Å²) in [5, 5.41) is 5.34. The van der Waals surface area contributed by atoms with E-state index in [0.717, 1.165) is 5.56 Å². The van der Waals surface area contributed by atoms with E-state index in [4.69, 9.17) is 18.9 Å². The minimum absolute atomic E-state index is 0.0125. The molecule has 0 bridgehead atoms. The van der Waals surface area contributed by atoms with Crippen LogP contribution in [0, 0.1) is 0 Å². The van der Waals surface area contributed by atoms with E-state index in [1.165, 1.54) is 14.2 Å². The molecule has 1 saturated heterocycles. The van der Waals surface area contributed by atoms with Crippen LogP contribution in [0.2, 0.25) is 0 Å². The molecule has 0 atom stereocenters. The summed E-state index contributed by atoms with van der Waals surface area (Å²) < 4.78 is 22.2.